The van der Waals surface area contributed by atoms with Gasteiger partial charge < -0.3 is 5.11 Å². The Labute approximate surface area is 137 Å². The summed E-state index contributed by atoms with van der Waals surface area (Å²) in [6.07, 6.45) is 17.3. The highest BCUT2D eigenvalue weighted by Gasteiger charge is 2.08. The van der Waals surface area contributed by atoms with E-state index in [4.69, 9.17) is 18.2 Å². The number of hydrogen-bond acceptors (Lipinski definition) is 2. The molecule has 0 aliphatic heterocycles. The minimum absolute atomic E-state index is 0.601. The Morgan fingerprint density at radius 3 is 1.55 bits per heavy atom. The Balaban J connectivity index is 3.06. The van der Waals surface area contributed by atoms with E-state index in [9.17, 15) is 4.79 Å². The maximum Gasteiger partial charge on any atom is 0.297 e. The van der Waals surface area contributed by atoms with Gasteiger partial charge in [-0.05, 0) is 12.8 Å². The van der Waals surface area contributed by atoms with Gasteiger partial charge in [-0.1, -0.05) is 77.0 Å². The lowest BCUT2D eigenvalue weighted by atomic mass is 9.83. The van der Waals surface area contributed by atoms with Crippen molar-refractivity contribution in [2.45, 2.75) is 102 Å². The highest BCUT2D eigenvalue weighted by atomic mass is 16.4. The molecule has 3 nitrogen and oxygen atoms in total. The van der Waals surface area contributed by atoms with Gasteiger partial charge in [0.05, 0.1) is 13.9 Å². The largest absolute Gasteiger partial charge is 0.482 e. The van der Waals surface area contributed by atoms with E-state index in [0.717, 1.165) is 19.3 Å². The Kier molecular flexibility index (Phi) is 15.7. The van der Waals surface area contributed by atoms with Crippen LogP contribution >= 0.6 is 0 Å². The monoisotopic (exact) mass is 305 g/mol. The number of unbranched alkanes of at least 4 members (excludes halogenated alkanes) is 13. The Morgan fingerprint density at radius 2 is 1.18 bits per heavy atom. The normalized spacial score (nSPS) is 12.0. The number of hydrogen-bond donors (Lipinski definition) is 1. The number of carbonyl (C=O) groups is 1. The second-order valence-electron chi connectivity index (χ2n) is 6.24. The molecule has 2 radical (unpaired) electrons. The van der Waals surface area contributed by atoms with E-state index >= 15 is 0 Å². The summed E-state index contributed by atoms with van der Waals surface area (Å²) in [7, 11) is 5.46. The van der Waals surface area contributed by atoms with Crippen molar-refractivity contribution in [1.29, 1.82) is 5.26 Å². The van der Waals surface area contributed by atoms with Gasteiger partial charge in [0.15, 0.2) is 0 Å². The molecule has 0 saturated heterocycles. The van der Waals surface area contributed by atoms with Crippen molar-refractivity contribution < 1.29 is 9.90 Å². The molecule has 1 atom stereocenters. The van der Waals surface area contributed by atoms with Crippen LogP contribution in [0.3, 0.4) is 0 Å². The number of carboxylic acids is 1. The maximum atomic E-state index is 10.5. The van der Waals surface area contributed by atoms with E-state index in [1.165, 1.54) is 64.2 Å². The molecule has 0 spiro atoms. The maximum absolute atomic E-state index is 10.5. The van der Waals surface area contributed by atoms with Crippen LogP contribution in [0.4, 0.5) is 0 Å². The fourth-order valence-electron chi connectivity index (χ4n) is 2.64. The molecule has 4 heteroatoms. The molecule has 0 aliphatic rings. The van der Waals surface area contributed by atoms with Crippen molar-refractivity contribution in [2.75, 3.05) is 0 Å². The standard InChI is InChI=1S/C18H32BNO2/c19-17(18(21)22)15-13-11-9-7-5-3-1-2-4-6-8-10-12-14-16-20/h17H,1-15H2,(H,21,22). The van der Waals surface area contributed by atoms with Gasteiger partial charge in [-0.2, -0.15) is 5.26 Å². The molecule has 0 aliphatic carbocycles. The van der Waals surface area contributed by atoms with Crippen molar-refractivity contribution in [2.24, 2.45) is 0 Å². The van der Waals surface area contributed by atoms with E-state index in [1.54, 1.807) is 0 Å². The minimum atomic E-state index is -0.884. The first kappa shape index (κ1) is 21.0. The highest BCUT2D eigenvalue weighted by molar-refractivity contribution is 6.22. The number of nitrogens with zero attached hydrogens (tertiary/aromatic N) is 1. The topological polar surface area (TPSA) is 61.1 Å². The van der Waals surface area contributed by atoms with Gasteiger partial charge in [-0.25, -0.2) is 0 Å². The third-order valence-corrected chi connectivity index (χ3v) is 4.12. The summed E-state index contributed by atoms with van der Waals surface area (Å²) in [6.45, 7) is 0. The van der Waals surface area contributed by atoms with E-state index in [2.05, 4.69) is 6.07 Å². The quantitative estimate of drug-likeness (QED) is 0.306. The molecular formula is C18H32BNO2. The second-order valence-corrected chi connectivity index (χ2v) is 6.24. The molecule has 1 N–H and O–H groups in total. The van der Waals surface area contributed by atoms with Crippen molar-refractivity contribution in [1.82, 2.24) is 0 Å². The number of carboxylic acid groups (broad SMARTS) is 1. The summed E-state index contributed by atoms with van der Waals surface area (Å²) >= 11 is 0. The van der Waals surface area contributed by atoms with E-state index < -0.39 is 11.8 Å². The lowest BCUT2D eigenvalue weighted by molar-refractivity contribution is -0.137. The van der Waals surface area contributed by atoms with Crippen LogP contribution in [0.1, 0.15) is 96.3 Å². The molecule has 0 bridgehead atoms. The lowest BCUT2D eigenvalue weighted by Crippen LogP contribution is -2.06. The van der Waals surface area contributed by atoms with Crippen molar-refractivity contribution >= 4 is 13.8 Å². The van der Waals surface area contributed by atoms with Crippen LogP contribution in [0, 0.1) is 11.3 Å². The van der Waals surface area contributed by atoms with Gasteiger partial charge in [0.2, 0.25) is 0 Å². The third kappa shape index (κ3) is 15.4. The second kappa shape index (κ2) is 16.4. The summed E-state index contributed by atoms with van der Waals surface area (Å²) in [5.41, 5.74) is 0. The molecule has 0 aromatic rings. The van der Waals surface area contributed by atoms with Gasteiger partial charge in [0.1, 0.15) is 0 Å². The molecular weight excluding hydrogens is 273 g/mol. The molecule has 0 heterocycles. The minimum Gasteiger partial charge on any atom is -0.482 e. The van der Waals surface area contributed by atoms with Gasteiger partial charge >= 0.3 is 0 Å². The van der Waals surface area contributed by atoms with Crippen molar-refractivity contribution in [3.05, 3.63) is 0 Å². The molecule has 0 aromatic heterocycles. The molecule has 0 aromatic carbocycles. The smallest absolute Gasteiger partial charge is 0.297 e. The first-order chi connectivity index (χ1) is 10.7. The fraction of sp³-hybridized carbons (Fsp3) is 0.889. The Bertz CT molecular complexity index is 302. The van der Waals surface area contributed by atoms with Crippen molar-refractivity contribution in [3.8, 4) is 6.07 Å². The third-order valence-electron chi connectivity index (χ3n) is 4.12. The fourth-order valence-corrected chi connectivity index (χ4v) is 2.64. The lowest BCUT2D eigenvalue weighted by Gasteiger charge is -2.06. The zero-order valence-electron chi connectivity index (χ0n) is 14.1. The van der Waals surface area contributed by atoms with Gasteiger partial charge in [-0.3, -0.25) is 4.79 Å². The van der Waals surface area contributed by atoms with Crippen LogP contribution in [0.2, 0.25) is 5.82 Å². The number of aliphatic carboxylic acids is 1. The Morgan fingerprint density at radius 1 is 0.818 bits per heavy atom. The van der Waals surface area contributed by atoms with Crippen LogP contribution in [-0.4, -0.2) is 18.9 Å². The molecule has 22 heavy (non-hydrogen) atoms. The van der Waals surface area contributed by atoms with Gasteiger partial charge in [-0.15, -0.1) is 0 Å². The van der Waals surface area contributed by atoms with Crippen LogP contribution in [0.15, 0.2) is 0 Å². The summed E-state index contributed by atoms with van der Waals surface area (Å²) in [6, 6.07) is 2.19. The van der Waals surface area contributed by atoms with E-state index in [1.807, 2.05) is 0 Å². The zero-order chi connectivity index (χ0) is 16.5. The molecule has 124 valence electrons. The predicted molar refractivity (Wildman–Crippen MR) is 92.0 cm³/mol. The summed E-state index contributed by atoms with van der Waals surface area (Å²) < 4.78 is 0. The summed E-state index contributed by atoms with van der Waals surface area (Å²) in [5, 5.41) is 17.1. The molecule has 0 amide bonds. The molecule has 0 rings (SSSR count). The SMILES string of the molecule is [B]C(CCCCCCCCCCCCCCCC#N)C(=O)O. The van der Waals surface area contributed by atoms with Gasteiger partial charge in [0.25, 0.3) is 5.97 Å². The highest BCUT2D eigenvalue weighted by Crippen LogP contribution is 2.15. The zero-order valence-corrected chi connectivity index (χ0v) is 14.1. The van der Waals surface area contributed by atoms with Crippen LogP contribution in [0.25, 0.3) is 0 Å². The van der Waals surface area contributed by atoms with Crippen LogP contribution in [0.5, 0.6) is 0 Å². The first-order valence-electron chi connectivity index (χ1n) is 9.04. The number of nitriles is 1. The molecule has 1 unspecified atom stereocenters. The van der Waals surface area contributed by atoms with E-state index in [-0.39, 0.29) is 0 Å². The first-order valence-corrected chi connectivity index (χ1v) is 9.04. The number of rotatable bonds is 16. The molecule has 0 fully saturated rings. The molecule has 0 saturated carbocycles. The van der Waals surface area contributed by atoms with E-state index in [0.29, 0.717) is 12.8 Å². The van der Waals surface area contributed by atoms with Crippen LogP contribution in [-0.2, 0) is 4.79 Å². The average Bonchev–Trinajstić information content (AvgIpc) is 2.50. The van der Waals surface area contributed by atoms with Gasteiger partial charge in [0, 0.05) is 12.2 Å². The van der Waals surface area contributed by atoms with Crippen molar-refractivity contribution in [3.63, 3.8) is 0 Å². The van der Waals surface area contributed by atoms with Crippen LogP contribution < -0.4 is 0 Å². The predicted octanol–water partition coefficient (Wildman–Crippen LogP) is 5.40. The average molecular weight is 305 g/mol. The summed E-state index contributed by atoms with van der Waals surface area (Å²) in [4.78, 5) is 10.5. The summed E-state index contributed by atoms with van der Waals surface area (Å²) in [5.74, 6) is -1.56. The Hall–Kier alpha value is -0.975.